The van der Waals surface area contributed by atoms with E-state index in [0.29, 0.717) is 18.0 Å². The summed E-state index contributed by atoms with van der Waals surface area (Å²) in [7, 11) is 0. The van der Waals surface area contributed by atoms with E-state index >= 15 is 0 Å². The van der Waals surface area contributed by atoms with E-state index in [1.54, 1.807) is 23.6 Å². The third-order valence-corrected chi connectivity index (χ3v) is 4.01. The first-order chi connectivity index (χ1) is 9.58. The van der Waals surface area contributed by atoms with Gasteiger partial charge < -0.3 is 4.90 Å². The van der Waals surface area contributed by atoms with Crippen molar-refractivity contribution in [2.75, 3.05) is 6.54 Å². The zero-order chi connectivity index (χ0) is 14.5. The highest BCUT2D eigenvalue weighted by molar-refractivity contribution is 7.10. The molecule has 2 rings (SSSR count). The van der Waals surface area contributed by atoms with Crippen LogP contribution in [0.3, 0.4) is 0 Å². The first kappa shape index (κ1) is 14.7. The van der Waals surface area contributed by atoms with Gasteiger partial charge in [0.25, 0.3) is 5.91 Å². The minimum Gasteiger partial charge on any atom is -0.333 e. The van der Waals surface area contributed by atoms with Crippen molar-refractivity contribution in [2.24, 2.45) is 5.92 Å². The molecule has 0 saturated carbocycles. The molecule has 0 spiro atoms. The van der Waals surface area contributed by atoms with Gasteiger partial charge in [0, 0.05) is 11.4 Å². The number of aryl methyl sites for hydroxylation is 1. The van der Waals surface area contributed by atoms with Crippen molar-refractivity contribution >= 4 is 17.2 Å². The van der Waals surface area contributed by atoms with E-state index in [9.17, 15) is 4.79 Å². The Morgan fingerprint density at radius 2 is 2.15 bits per heavy atom. The summed E-state index contributed by atoms with van der Waals surface area (Å²) in [4.78, 5) is 15.7. The first-order valence-electron chi connectivity index (χ1n) is 6.67. The predicted octanol–water partition coefficient (Wildman–Crippen LogP) is 3.14. The lowest BCUT2D eigenvalue weighted by molar-refractivity contribution is 0.0723. The van der Waals surface area contributed by atoms with Crippen molar-refractivity contribution in [3.05, 3.63) is 45.9 Å². The average Bonchev–Trinajstić information content (AvgIpc) is 2.83. The number of rotatable bonds is 5. The molecule has 20 heavy (non-hydrogen) atoms. The Morgan fingerprint density at radius 3 is 2.70 bits per heavy atom. The molecule has 2 aromatic heterocycles. The number of nitrogens with zero attached hydrogens (tertiary/aromatic N) is 3. The fourth-order valence-corrected chi connectivity index (χ4v) is 2.92. The van der Waals surface area contributed by atoms with Gasteiger partial charge in [-0.15, -0.1) is 11.3 Å². The van der Waals surface area contributed by atoms with Crippen LogP contribution in [0.4, 0.5) is 0 Å². The Kier molecular flexibility index (Phi) is 4.84. The fourth-order valence-electron chi connectivity index (χ4n) is 2.00. The molecule has 0 N–H and O–H groups in total. The lowest BCUT2D eigenvalue weighted by Gasteiger charge is -2.24. The molecular weight excluding hydrogens is 270 g/mol. The molecule has 106 valence electrons. The highest BCUT2D eigenvalue weighted by Crippen LogP contribution is 2.19. The predicted molar refractivity (Wildman–Crippen MR) is 80.7 cm³/mol. The Labute approximate surface area is 123 Å². The topological polar surface area (TPSA) is 46.1 Å². The molecule has 4 nitrogen and oxygen atoms in total. The number of carbonyl (C=O) groups excluding carboxylic acids is 1. The van der Waals surface area contributed by atoms with Gasteiger partial charge in [-0.25, -0.2) is 0 Å². The molecule has 0 atom stereocenters. The van der Waals surface area contributed by atoms with Crippen LogP contribution in [0.2, 0.25) is 0 Å². The summed E-state index contributed by atoms with van der Waals surface area (Å²) in [5.41, 5.74) is 1.83. The Morgan fingerprint density at radius 1 is 1.35 bits per heavy atom. The largest absolute Gasteiger partial charge is 0.333 e. The monoisotopic (exact) mass is 289 g/mol. The summed E-state index contributed by atoms with van der Waals surface area (Å²) in [5.74, 6) is 0.440. The molecule has 5 heteroatoms. The van der Waals surface area contributed by atoms with E-state index in [-0.39, 0.29) is 5.91 Å². The van der Waals surface area contributed by atoms with Gasteiger partial charge in [0.05, 0.1) is 24.5 Å². The van der Waals surface area contributed by atoms with Gasteiger partial charge in [0.1, 0.15) is 0 Å². The molecule has 0 aliphatic carbocycles. The molecule has 0 aromatic carbocycles. The van der Waals surface area contributed by atoms with E-state index in [1.807, 2.05) is 4.90 Å². The molecular formula is C15H19N3OS. The molecule has 2 heterocycles. The second kappa shape index (κ2) is 6.61. The van der Waals surface area contributed by atoms with Crippen molar-refractivity contribution in [3.8, 4) is 0 Å². The molecule has 0 radical (unpaired) electrons. The summed E-state index contributed by atoms with van der Waals surface area (Å²) in [6.07, 6.45) is 3.08. The van der Waals surface area contributed by atoms with Gasteiger partial charge in [0.15, 0.2) is 0 Å². The molecule has 0 fully saturated rings. The van der Waals surface area contributed by atoms with Crippen molar-refractivity contribution in [3.63, 3.8) is 0 Å². The van der Waals surface area contributed by atoms with Crippen molar-refractivity contribution in [1.82, 2.24) is 15.1 Å². The summed E-state index contributed by atoms with van der Waals surface area (Å²) in [5, 5.41) is 9.57. The molecule has 2 aromatic rings. The molecule has 1 amide bonds. The number of aromatic nitrogens is 2. The number of carbonyl (C=O) groups is 1. The fraction of sp³-hybridized carbons (Fsp3) is 0.400. The van der Waals surface area contributed by atoms with Crippen LogP contribution in [-0.4, -0.2) is 27.5 Å². The van der Waals surface area contributed by atoms with E-state index < -0.39 is 0 Å². The third kappa shape index (κ3) is 3.63. The maximum Gasteiger partial charge on any atom is 0.255 e. The van der Waals surface area contributed by atoms with Crippen LogP contribution < -0.4 is 0 Å². The molecule has 0 saturated heterocycles. The summed E-state index contributed by atoms with van der Waals surface area (Å²) >= 11 is 1.70. The number of hydrogen-bond acceptors (Lipinski definition) is 4. The average molecular weight is 289 g/mol. The number of thiophene rings is 1. The molecule has 0 unspecified atom stereocenters. The standard InChI is InChI=1S/C15H19N3OS/c1-11(2)9-18(10-14-12(3)5-7-20-14)15(19)13-4-6-16-17-8-13/h4-8,11H,9-10H2,1-3H3. The summed E-state index contributed by atoms with van der Waals surface area (Å²) < 4.78 is 0. The zero-order valence-corrected chi connectivity index (χ0v) is 12.9. The van der Waals surface area contributed by atoms with Crippen LogP contribution >= 0.6 is 11.3 Å². The van der Waals surface area contributed by atoms with E-state index in [0.717, 1.165) is 6.54 Å². The summed E-state index contributed by atoms with van der Waals surface area (Å²) in [6.45, 7) is 7.71. The van der Waals surface area contributed by atoms with Gasteiger partial charge in [-0.05, 0) is 35.9 Å². The van der Waals surface area contributed by atoms with Gasteiger partial charge in [0.2, 0.25) is 0 Å². The van der Waals surface area contributed by atoms with Crippen LogP contribution in [0.25, 0.3) is 0 Å². The lowest BCUT2D eigenvalue weighted by Crippen LogP contribution is -2.33. The maximum absolute atomic E-state index is 12.6. The van der Waals surface area contributed by atoms with E-state index in [1.165, 1.54) is 16.6 Å². The minimum atomic E-state index is 0.0152. The Hall–Kier alpha value is -1.75. The van der Waals surface area contributed by atoms with Crippen molar-refractivity contribution < 1.29 is 4.79 Å². The van der Waals surface area contributed by atoms with Crippen LogP contribution in [0, 0.1) is 12.8 Å². The highest BCUT2D eigenvalue weighted by Gasteiger charge is 2.18. The molecule has 0 bridgehead atoms. The summed E-state index contributed by atoms with van der Waals surface area (Å²) in [6, 6.07) is 3.80. The van der Waals surface area contributed by atoms with E-state index in [2.05, 4.69) is 42.4 Å². The van der Waals surface area contributed by atoms with Crippen LogP contribution in [0.5, 0.6) is 0 Å². The Bertz CT molecular complexity index is 566. The Balaban J connectivity index is 2.19. The SMILES string of the molecule is Cc1ccsc1CN(CC(C)C)C(=O)c1ccnnc1. The lowest BCUT2D eigenvalue weighted by atomic mass is 10.1. The second-order valence-electron chi connectivity index (χ2n) is 5.24. The molecule has 0 aliphatic rings. The first-order valence-corrected chi connectivity index (χ1v) is 7.55. The van der Waals surface area contributed by atoms with Crippen molar-refractivity contribution in [1.29, 1.82) is 0 Å². The van der Waals surface area contributed by atoms with Gasteiger partial charge in [-0.3, -0.25) is 4.79 Å². The smallest absolute Gasteiger partial charge is 0.255 e. The normalized spacial score (nSPS) is 10.8. The van der Waals surface area contributed by atoms with Crippen LogP contribution in [0.15, 0.2) is 29.9 Å². The second-order valence-corrected chi connectivity index (χ2v) is 6.24. The quantitative estimate of drug-likeness (QED) is 0.849. The maximum atomic E-state index is 12.6. The van der Waals surface area contributed by atoms with Crippen LogP contribution in [0.1, 0.15) is 34.6 Å². The highest BCUT2D eigenvalue weighted by atomic mass is 32.1. The van der Waals surface area contributed by atoms with Gasteiger partial charge in [-0.1, -0.05) is 13.8 Å². The van der Waals surface area contributed by atoms with Gasteiger partial charge in [-0.2, -0.15) is 10.2 Å². The third-order valence-electron chi connectivity index (χ3n) is 3.01. The van der Waals surface area contributed by atoms with Crippen LogP contribution in [-0.2, 0) is 6.54 Å². The number of amides is 1. The zero-order valence-electron chi connectivity index (χ0n) is 12.0. The van der Waals surface area contributed by atoms with E-state index in [4.69, 9.17) is 0 Å². The minimum absolute atomic E-state index is 0.0152. The molecule has 0 aliphatic heterocycles. The van der Waals surface area contributed by atoms with Crippen molar-refractivity contribution in [2.45, 2.75) is 27.3 Å². The number of hydrogen-bond donors (Lipinski definition) is 0. The van der Waals surface area contributed by atoms with Gasteiger partial charge >= 0.3 is 0 Å².